The molecule has 3 aromatic rings. The van der Waals surface area contributed by atoms with Crippen molar-refractivity contribution in [2.75, 3.05) is 0 Å². The number of fused-ring (bicyclic) bond motifs is 1. The fourth-order valence-corrected chi connectivity index (χ4v) is 2.28. The Balaban J connectivity index is 1.94. The predicted molar refractivity (Wildman–Crippen MR) is 79.4 cm³/mol. The highest BCUT2D eigenvalue weighted by Gasteiger charge is 2.08. The fourth-order valence-electron chi connectivity index (χ4n) is 2.28. The molecule has 0 bridgehead atoms. The van der Waals surface area contributed by atoms with Crippen LogP contribution in [0.2, 0.25) is 0 Å². The van der Waals surface area contributed by atoms with Crippen LogP contribution in [0.1, 0.15) is 18.6 Å². The lowest BCUT2D eigenvalue weighted by atomic mass is 10.1. The van der Waals surface area contributed by atoms with Crippen molar-refractivity contribution in [3.63, 3.8) is 0 Å². The molecule has 19 heavy (non-hydrogen) atoms. The third-order valence-electron chi connectivity index (χ3n) is 3.32. The molecular weight excluding hydrogens is 232 g/mol. The van der Waals surface area contributed by atoms with Crippen LogP contribution in [0.4, 0.5) is 0 Å². The summed E-state index contributed by atoms with van der Waals surface area (Å²) in [5, 5.41) is 2.37. The summed E-state index contributed by atoms with van der Waals surface area (Å²) >= 11 is 0. The molecule has 94 valence electrons. The third-order valence-corrected chi connectivity index (χ3v) is 3.32. The Bertz CT molecular complexity index is 668. The van der Waals surface area contributed by atoms with Gasteiger partial charge in [0.2, 0.25) is 0 Å². The minimum Gasteiger partial charge on any atom is -0.485 e. The molecule has 0 unspecified atom stereocenters. The average molecular weight is 248 g/mol. The van der Waals surface area contributed by atoms with Crippen LogP contribution in [-0.2, 0) is 0 Å². The maximum absolute atomic E-state index is 6.11. The van der Waals surface area contributed by atoms with E-state index in [1.807, 2.05) is 42.5 Å². The van der Waals surface area contributed by atoms with E-state index in [0.717, 1.165) is 11.1 Å². The molecule has 0 radical (unpaired) electrons. The van der Waals surface area contributed by atoms with Gasteiger partial charge < -0.3 is 4.74 Å². The summed E-state index contributed by atoms with van der Waals surface area (Å²) < 4.78 is 6.11. The van der Waals surface area contributed by atoms with Crippen molar-refractivity contribution in [3.05, 3.63) is 78.4 Å². The third kappa shape index (κ3) is 2.45. The van der Waals surface area contributed by atoms with Crippen molar-refractivity contribution >= 4 is 10.8 Å². The second-order valence-corrected chi connectivity index (χ2v) is 4.65. The molecule has 0 amide bonds. The van der Waals surface area contributed by atoms with Gasteiger partial charge in [-0.25, -0.2) is 0 Å². The Kier molecular flexibility index (Phi) is 3.20. The minimum absolute atomic E-state index is 0.0482. The first-order chi connectivity index (χ1) is 9.34. The largest absolute Gasteiger partial charge is 0.485 e. The van der Waals surface area contributed by atoms with Gasteiger partial charge in [0, 0.05) is 5.39 Å². The van der Waals surface area contributed by atoms with Crippen LogP contribution >= 0.6 is 0 Å². The van der Waals surface area contributed by atoms with Gasteiger partial charge in [0.25, 0.3) is 0 Å². The van der Waals surface area contributed by atoms with Gasteiger partial charge >= 0.3 is 0 Å². The van der Waals surface area contributed by atoms with E-state index in [9.17, 15) is 0 Å². The molecule has 0 N–H and O–H groups in total. The van der Waals surface area contributed by atoms with Crippen LogP contribution < -0.4 is 4.74 Å². The van der Waals surface area contributed by atoms with E-state index >= 15 is 0 Å². The van der Waals surface area contributed by atoms with Crippen molar-refractivity contribution < 1.29 is 4.74 Å². The molecule has 0 aromatic heterocycles. The molecule has 1 atom stereocenters. The number of rotatable bonds is 3. The zero-order valence-electron chi connectivity index (χ0n) is 10.9. The molecule has 0 saturated heterocycles. The quantitative estimate of drug-likeness (QED) is 0.635. The molecule has 0 fully saturated rings. The second kappa shape index (κ2) is 5.15. The van der Waals surface area contributed by atoms with Gasteiger partial charge in [0.05, 0.1) is 0 Å². The molecule has 0 aliphatic carbocycles. The first-order valence-electron chi connectivity index (χ1n) is 6.54. The second-order valence-electron chi connectivity index (χ2n) is 4.65. The van der Waals surface area contributed by atoms with E-state index in [2.05, 4.69) is 37.3 Å². The van der Waals surface area contributed by atoms with E-state index in [1.54, 1.807) is 0 Å². The molecule has 1 nitrogen and oxygen atoms in total. The number of ether oxygens (including phenoxy) is 1. The summed E-state index contributed by atoms with van der Waals surface area (Å²) in [4.78, 5) is 0. The van der Waals surface area contributed by atoms with Gasteiger partial charge in [0.1, 0.15) is 11.9 Å². The highest BCUT2D eigenvalue weighted by Crippen LogP contribution is 2.29. The Morgan fingerprint density at radius 3 is 2.26 bits per heavy atom. The monoisotopic (exact) mass is 248 g/mol. The van der Waals surface area contributed by atoms with Crippen LogP contribution in [0, 0.1) is 0 Å². The maximum Gasteiger partial charge on any atom is 0.128 e. The molecule has 0 aliphatic heterocycles. The number of hydrogen-bond donors (Lipinski definition) is 0. The van der Waals surface area contributed by atoms with Crippen molar-refractivity contribution in [3.8, 4) is 5.75 Å². The zero-order valence-corrected chi connectivity index (χ0v) is 10.9. The van der Waals surface area contributed by atoms with Crippen molar-refractivity contribution in [2.45, 2.75) is 13.0 Å². The summed E-state index contributed by atoms with van der Waals surface area (Å²) in [6, 6.07) is 24.8. The van der Waals surface area contributed by atoms with E-state index in [-0.39, 0.29) is 6.10 Å². The Hall–Kier alpha value is -2.28. The lowest BCUT2D eigenvalue weighted by Gasteiger charge is -2.16. The lowest BCUT2D eigenvalue weighted by molar-refractivity contribution is 0.230. The van der Waals surface area contributed by atoms with Crippen molar-refractivity contribution in [1.82, 2.24) is 0 Å². The average Bonchev–Trinajstić information content (AvgIpc) is 2.48. The summed E-state index contributed by atoms with van der Waals surface area (Å²) in [5.74, 6) is 0.939. The summed E-state index contributed by atoms with van der Waals surface area (Å²) in [6.45, 7) is 2.08. The highest BCUT2D eigenvalue weighted by atomic mass is 16.5. The number of benzene rings is 3. The Morgan fingerprint density at radius 1 is 0.737 bits per heavy atom. The molecular formula is C18H16O. The summed E-state index contributed by atoms with van der Waals surface area (Å²) in [7, 11) is 0. The van der Waals surface area contributed by atoms with Crippen molar-refractivity contribution in [1.29, 1.82) is 0 Å². The standard InChI is InChI=1S/C18H16O/c1-14(15-8-3-2-4-9-15)19-18-13-7-11-16-10-5-6-12-17(16)18/h2-14H,1H3/t14-/m1/s1. The molecule has 0 spiro atoms. The predicted octanol–water partition coefficient (Wildman–Crippen LogP) is 4.98. The van der Waals surface area contributed by atoms with E-state index in [0.29, 0.717) is 0 Å². The molecule has 3 aromatic carbocycles. The van der Waals surface area contributed by atoms with Crippen molar-refractivity contribution in [2.24, 2.45) is 0 Å². The van der Waals surface area contributed by atoms with Gasteiger partial charge in [-0.05, 0) is 23.9 Å². The lowest BCUT2D eigenvalue weighted by Crippen LogP contribution is -2.03. The molecule has 3 rings (SSSR count). The smallest absolute Gasteiger partial charge is 0.128 e. The van der Waals surface area contributed by atoms with E-state index in [1.165, 1.54) is 10.9 Å². The first-order valence-corrected chi connectivity index (χ1v) is 6.54. The van der Waals surface area contributed by atoms with Gasteiger partial charge in [-0.15, -0.1) is 0 Å². The molecule has 0 aliphatic rings. The van der Waals surface area contributed by atoms with Gasteiger partial charge in [0.15, 0.2) is 0 Å². The highest BCUT2D eigenvalue weighted by molar-refractivity contribution is 5.88. The van der Waals surface area contributed by atoms with Crippen LogP contribution in [-0.4, -0.2) is 0 Å². The van der Waals surface area contributed by atoms with E-state index in [4.69, 9.17) is 4.74 Å². The zero-order chi connectivity index (χ0) is 13.1. The van der Waals surface area contributed by atoms with Gasteiger partial charge in [-0.2, -0.15) is 0 Å². The van der Waals surface area contributed by atoms with Crippen LogP contribution in [0.5, 0.6) is 5.75 Å². The van der Waals surface area contributed by atoms with Gasteiger partial charge in [-0.1, -0.05) is 66.7 Å². The molecule has 0 saturated carbocycles. The number of hydrogen-bond acceptors (Lipinski definition) is 1. The summed E-state index contributed by atoms with van der Waals surface area (Å²) in [6.07, 6.45) is 0.0482. The van der Waals surface area contributed by atoms with E-state index < -0.39 is 0 Å². The van der Waals surface area contributed by atoms with Gasteiger partial charge in [-0.3, -0.25) is 0 Å². The van der Waals surface area contributed by atoms with Crippen LogP contribution in [0.25, 0.3) is 10.8 Å². The Morgan fingerprint density at radius 2 is 1.42 bits per heavy atom. The Labute approximate surface area is 113 Å². The first kappa shape index (κ1) is 11.8. The van der Waals surface area contributed by atoms with Crippen LogP contribution in [0.3, 0.4) is 0 Å². The maximum atomic E-state index is 6.11. The normalized spacial score (nSPS) is 12.3. The molecule has 1 heteroatoms. The topological polar surface area (TPSA) is 9.23 Å². The fraction of sp³-hybridized carbons (Fsp3) is 0.111. The SMILES string of the molecule is C[C@@H](Oc1cccc2ccccc12)c1ccccc1. The minimum atomic E-state index is 0.0482. The van der Waals surface area contributed by atoms with Crippen LogP contribution in [0.15, 0.2) is 72.8 Å². The molecule has 0 heterocycles. The summed E-state index contributed by atoms with van der Waals surface area (Å²) in [5.41, 5.74) is 1.19.